The molecular formula is C15H28N2O. The standard InChI is InChI=1S/C15H28N2O/c1-2-18-15(16-13-9-5-3-6-10-13)17-14-11-7-4-8-12-14/h13-14H,2-12H2,1H3,(H,16,17). The van der Waals surface area contributed by atoms with E-state index in [1.54, 1.807) is 0 Å². The Labute approximate surface area is 111 Å². The van der Waals surface area contributed by atoms with E-state index in [1.165, 1.54) is 64.2 Å². The van der Waals surface area contributed by atoms with Crippen LogP contribution in [-0.2, 0) is 4.74 Å². The van der Waals surface area contributed by atoms with E-state index >= 15 is 0 Å². The molecule has 0 amide bonds. The van der Waals surface area contributed by atoms with Crippen LogP contribution in [-0.4, -0.2) is 24.7 Å². The van der Waals surface area contributed by atoms with Crippen LogP contribution in [0.2, 0.25) is 0 Å². The molecule has 2 aliphatic rings. The molecule has 0 bridgehead atoms. The first-order valence-electron chi connectivity index (χ1n) is 7.85. The Morgan fingerprint density at radius 2 is 1.61 bits per heavy atom. The molecule has 0 radical (unpaired) electrons. The van der Waals surface area contributed by atoms with Crippen molar-refractivity contribution in [2.24, 2.45) is 4.99 Å². The van der Waals surface area contributed by atoms with Gasteiger partial charge in [0.1, 0.15) is 0 Å². The van der Waals surface area contributed by atoms with E-state index in [-0.39, 0.29) is 0 Å². The minimum absolute atomic E-state index is 0.497. The van der Waals surface area contributed by atoms with Gasteiger partial charge in [-0.3, -0.25) is 0 Å². The normalized spacial score (nSPS) is 23.9. The van der Waals surface area contributed by atoms with Gasteiger partial charge in [-0.1, -0.05) is 38.5 Å². The minimum atomic E-state index is 0.497. The first-order valence-corrected chi connectivity index (χ1v) is 7.85. The quantitative estimate of drug-likeness (QED) is 0.614. The predicted molar refractivity (Wildman–Crippen MR) is 75.9 cm³/mol. The van der Waals surface area contributed by atoms with Crippen LogP contribution < -0.4 is 5.32 Å². The van der Waals surface area contributed by atoms with Crippen molar-refractivity contribution >= 4 is 6.02 Å². The van der Waals surface area contributed by atoms with Crippen molar-refractivity contribution in [2.45, 2.75) is 83.2 Å². The molecule has 0 saturated heterocycles. The van der Waals surface area contributed by atoms with Gasteiger partial charge in [0.2, 0.25) is 0 Å². The van der Waals surface area contributed by atoms with E-state index < -0.39 is 0 Å². The monoisotopic (exact) mass is 252 g/mol. The highest BCUT2D eigenvalue weighted by molar-refractivity contribution is 5.74. The molecule has 104 valence electrons. The van der Waals surface area contributed by atoms with Gasteiger partial charge in [-0.2, -0.15) is 0 Å². The van der Waals surface area contributed by atoms with E-state index in [4.69, 9.17) is 9.73 Å². The lowest BCUT2D eigenvalue weighted by atomic mass is 9.95. The summed E-state index contributed by atoms with van der Waals surface area (Å²) in [6.07, 6.45) is 13.2. The summed E-state index contributed by atoms with van der Waals surface area (Å²) in [6.45, 7) is 2.75. The minimum Gasteiger partial charge on any atom is -0.466 e. The molecule has 2 fully saturated rings. The van der Waals surface area contributed by atoms with Crippen LogP contribution in [0.25, 0.3) is 0 Å². The van der Waals surface area contributed by atoms with Gasteiger partial charge in [-0.05, 0) is 32.6 Å². The van der Waals surface area contributed by atoms with Crippen LogP contribution >= 0.6 is 0 Å². The fourth-order valence-corrected chi connectivity index (χ4v) is 3.05. The van der Waals surface area contributed by atoms with Crippen LogP contribution in [0.3, 0.4) is 0 Å². The molecule has 18 heavy (non-hydrogen) atoms. The Kier molecular flexibility index (Phi) is 5.82. The summed E-state index contributed by atoms with van der Waals surface area (Å²) in [5.74, 6) is 0. The van der Waals surface area contributed by atoms with Crippen LogP contribution in [0.4, 0.5) is 0 Å². The average Bonchev–Trinajstić information content (AvgIpc) is 2.41. The fourth-order valence-electron chi connectivity index (χ4n) is 3.05. The maximum atomic E-state index is 5.69. The molecule has 2 rings (SSSR count). The number of rotatable bonds is 3. The molecule has 1 N–H and O–H groups in total. The third kappa shape index (κ3) is 4.51. The number of nitrogens with one attached hydrogen (secondary N) is 1. The highest BCUT2D eigenvalue weighted by Gasteiger charge is 2.18. The van der Waals surface area contributed by atoms with Crippen molar-refractivity contribution in [1.82, 2.24) is 5.32 Å². The van der Waals surface area contributed by atoms with Gasteiger partial charge in [0.15, 0.2) is 0 Å². The van der Waals surface area contributed by atoms with Gasteiger partial charge < -0.3 is 10.1 Å². The topological polar surface area (TPSA) is 33.6 Å². The lowest BCUT2D eigenvalue weighted by Gasteiger charge is -2.25. The number of aliphatic imine (C=N–C) groups is 1. The highest BCUT2D eigenvalue weighted by atomic mass is 16.5. The van der Waals surface area contributed by atoms with E-state index in [1.807, 2.05) is 6.92 Å². The largest absolute Gasteiger partial charge is 0.466 e. The van der Waals surface area contributed by atoms with Crippen molar-refractivity contribution in [3.8, 4) is 0 Å². The molecule has 3 heteroatoms. The second-order valence-electron chi connectivity index (χ2n) is 5.64. The van der Waals surface area contributed by atoms with E-state index in [9.17, 15) is 0 Å². The summed E-state index contributed by atoms with van der Waals surface area (Å²) in [4.78, 5) is 4.80. The van der Waals surface area contributed by atoms with Gasteiger partial charge in [0, 0.05) is 6.04 Å². The van der Waals surface area contributed by atoms with Crippen molar-refractivity contribution < 1.29 is 4.74 Å². The Morgan fingerprint density at radius 1 is 1.00 bits per heavy atom. The fraction of sp³-hybridized carbons (Fsp3) is 0.933. The van der Waals surface area contributed by atoms with E-state index in [0.717, 1.165) is 6.02 Å². The summed E-state index contributed by atoms with van der Waals surface area (Å²) in [5.41, 5.74) is 0. The second-order valence-corrected chi connectivity index (χ2v) is 5.64. The molecule has 2 saturated carbocycles. The lowest BCUT2D eigenvalue weighted by molar-refractivity contribution is 0.285. The molecule has 0 spiro atoms. The van der Waals surface area contributed by atoms with Crippen molar-refractivity contribution in [2.75, 3.05) is 6.61 Å². The van der Waals surface area contributed by atoms with Gasteiger partial charge in [-0.15, -0.1) is 0 Å². The molecule has 0 aromatic carbocycles. The zero-order valence-electron chi connectivity index (χ0n) is 11.8. The van der Waals surface area contributed by atoms with Crippen LogP contribution in [0.1, 0.15) is 71.1 Å². The Morgan fingerprint density at radius 3 is 2.22 bits per heavy atom. The molecule has 0 aromatic heterocycles. The number of hydrogen-bond acceptors (Lipinski definition) is 2. The average molecular weight is 252 g/mol. The predicted octanol–water partition coefficient (Wildman–Crippen LogP) is 3.63. The summed E-state index contributed by atoms with van der Waals surface area (Å²) in [7, 11) is 0. The molecule has 0 atom stereocenters. The van der Waals surface area contributed by atoms with Crippen molar-refractivity contribution in [3.05, 3.63) is 0 Å². The van der Waals surface area contributed by atoms with Gasteiger partial charge in [-0.25, -0.2) is 4.99 Å². The number of hydrogen-bond donors (Lipinski definition) is 1. The van der Waals surface area contributed by atoms with Crippen LogP contribution in [0.15, 0.2) is 4.99 Å². The SMILES string of the molecule is CCO/C(=N\C1CCCCC1)NC1CCCCC1. The third-order valence-electron chi connectivity index (χ3n) is 4.09. The molecule has 0 heterocycles. The molecule has 0 aliphatic heterocycles. The maximum Gasteiger partial charge on any atom is 0.285 e. The number of nitrogens with zero attached hydrogens (tertiary/aromatic N) is 1. The summed E-state index contributed by atoms with van der Waals surface area (Å²) in [5, 5.41) is 3.53. The molecule has 2 aliphatic carbocycles. The van der Waals surface area contributed by atoms with Crippen LogP contribution in [0.5, 0.6) is 0 Å². The smallest absolute Gasteiger partial charge is 0.285 e. The second kappa shape index (κ2) is 7.65. The summed E-state index contributed by atoms with van der Waals surface area (Å²) >= 11 is 0. The molecule has 3 nitrogen and oxygen atoms in total. The maximum absolute atomic E-state index is 5.69. The van der Waals surface area contributed by atoms with Gasteiger partial charge >= 0.3 is 0 Å². The Hall–Kier alpha value is -0.730. The molecule has 0 unspecified atom stereocenters. The van der Waals surface area contributed by atoms with Gasteiger partial charge in [0.25, 0.3) is 6.02 Å². The summed E-state index contributed by atoms with van der Waals surface area (Å²) < 4.78 is 5.69. The lowest BCUT2D eigenvalue weighted by Crippen LogP contribution is -2.38. The van der Waals surface area contributed by atoms with Crippen molar-refractivity contribution in [3.63, 3.8) is 0 Å². The first-order chi connectivity index (χ1) is 8.88. The zero-order valence-corrected chi connectivity index (χ0v) is 11.8. The highest BCUT2D eigenvalue weighted by Crippen LogP contribution is 2.21. The molecule has 0 aromatic rings. The summed E-state index contributed by atoms with van der Waals surface area (Å²) in [6, 6.07) is 1.90. The first kappa shape index (κ1) is 13.7. The third-order valence-corrected chi connectivity index (χ3v) is 4.09. The zero-order chi connectivity index (χ0) is 12.6. The van der Waals surface area contributed by atoms with Gasteiger partial charge in [0.05, 0.1) is 12.6 Å². The van der Waals surface area contributed by atoms with E-state index in [0.29, 0.717) is 18.7 Å². The van der Waals surface area contributed by atoms with E-state index in [2.05, 4.69) is 5.32 Å². The Bertz CT molecular complexity index is 253. The Balaban J connectivity index is 1.86. The van der Waals surface area contributed by atoms with Crippen LogP contribution in [0, 0.1) is 0 Å². The number of amidine groups is 1. The number of ether oxygens (including phenoxy) is 1. The van der Waals surface area contributed by atoms with Crippen molar-refractivity contribution in [1.29, 1.82) is 0 Å². The molecular weight excluding hydrogens is 224 g/mol.